The number of aryl methyl sites for hydroxylation is 2. The molecular weight excluding hydrogens is 214 g/mol. The van der Waals surface area contributed by atoms with Crippen LogP contribution in [0.4, 0.5) is 0 Å². The minimum absolute atomic E-state index is 0.00912. The fourth-order valence-corrected chi connectivity index (χ4v) is 2.12. The molecule has 92 valence electrons. The SMILES string of the molecule is Cc1cc2ccn(CCCN(C)C)c2c(=O)[nH]1. The highest BCUT2D eigenvalue weighted by atomic mass is 16.1. The molecule has 4 nitrogen and oxygen atoms in total. The van der Waals surface area contributed by atoms with Crippen LogP contribution in [0, 0.1) is 6.92 Å². The number of pyridine rings is 1. The van der Waals surface area contributed by atoms with Crippen molar-refractivity contribution in [2.24, 2.45) is 0 Å². The van der Waals surface area contributed by atoms with Crippen LogP contribution in [0.1, 0.15) is 12.1 Å². The first-order valence-electron chi connectivity index (χ1n) is 5.91. The van der Waals surface area contributed by atoms with Crippen molar-refractivity contribution in [2.75, 3.05) is 20.6 Å². The van der Waals surface area contributed by atoms with Crippen LogP contribution in [0.5, 0.6) is 0 Å². The van der Waals surface area contributed by atoms with Crippen molar-refractivity contribution < 1.29 is 0 Å². The molecule has 0 bridgehead atoms. The maximum Gasteiger partial charge on any atom is 0.272 e. The smallest absolute Gasteiger partial charge is 0.272 e. The van der Waals surface area contributed by atoms with E-state index < -0.39 is 0 Å². The van der Waals surface area contributed by atoms with Gasteiger partial charge in [-0.1, -0.05) is 0 Å². The second kappa shape index (κ2) is 4.75. The molecule has 2 aromatic rings. The molecule has 4 heteroatoms. The molecule has 2 rings (SSSR count). The number of aromatic nitrogens is 2. The van der Waals surface area contributed by atoms with Crippen molar-refractivity contribution in [3.8, 4) is 0 Å². The Labute approximate surface area is 101 Å². The summed E-state index contributed by atoms with van der Waals surface area (Å²) >= 11 is 0. The molecule has 0 unspecified atom stereocenters. The number of rotatable bonds is 4. The molecule has 0 fully saturated rings. The van der Waals surface area contributed by atoms with Crippen LogP contribution in [0.15, 0.2) is 23.1 Å². The first-order chi connectivity index (χ1) is 8.08. The summed E-state index contributed by atoms with van der Waals surface area (Å²) in [6.45, 7) is 3.82. The zero-order valence-electron chi connectivity index (χ0n) is 10.7. The molecule has 0 atom stereocenters. The molecule has 0 saturated carbocycles. The second-order valence-corrected chi connectivity index (χ2v) is 4.75. The number of hydrogen-bond acceptors (Lipinski definition) is 2. The maximum absolute atomic E-state index is 11.9. The van der Waals surface area contributed by atoms with Gasteiger partial charge in [-0.25, -0.2) is 0 Å². The number of nitrogens with zero attached hydrogens (tertiary/aromatic N) is 2. The molecule has 1 N–H and O–H groups in total. The molecule has 0 aliphatic rings. The average molecular weight is 233 g/mol. The van der Waals surface area contributed by atoms with Crippen molar-refractivity contribution in [1.82, 2.24) is 14.5 Å². The van der Waals surface area contributed by atoms with Gasteiger partial charge < -0.3 is 14.5 Å². The van der Waals surface area contributed by atoms with Gasteiger partial charge in [0.1, 0.15) is 5.52 Å². The maximum atomic E-state index is 11.9. The third-order valence-corrected chi connectivity index (χ3v) is 2.90. The lowest BCUT2D eigenvalue weighted by Gasteiger charge is -2.10. The molecule has 0 amide bonds. The number of aromatic amines is 1. The van der Waals surface area contributed by atoms with Gasteiger partial charge in [0.15, 0.2) is 0 Å². The Morgan fingerprint density at radius 2 is 2.18 bits per heavy atom. The van der Waals surface area contributed by atoms with Crippen LogP contribution >= 0.6 is 0 Å². The summed E-state index contributed by atoms with van der Waals surface area (Å²) in [4.78, 5) is 16.9. The highest BCUT2D eigenvalue weighted by Gasteiger charge is 2.05. The van der Waals surface area contributed by atoms with Gasteiger partial charge in [-0.3, -0.25) is 4.79 Å². The lowest BCUT2D eigenvalue weighted by Crippen LogP contribution is -2.16. The molecule has 0 saturated heterocycles. The summed E-state index contributed by atoms with van der Waals surface area (Å²) in [6, 6.07) is 4.02. The summed E-state index contributed by atoms with van der Waals surface area (Å²) in [7, 11) is 4.12. The van der Waals surface area contributed by atoms with Gasteiger partial charge in [-0.15, -0.1) is 0 Å². The quantitative estimate of drug-likeness (QED) is 0.871. The summed E-state index contributed by atoms with van der Waals surface area (Å²) in [5.41, 5.74) is 1.71. The van der Waals surface area contributed by atoms with Crippen LogP contribution in [0.3, 0.4) is 0 Å². The molecular formula is C13H19N3O. The second-order valence-electron chi connectivity index (χ2n) is 4.75. The van der Waals surface area contributed by atoms with E-state index in [1.54, 1.807) is 0 Å². The third-order valence-electron chi connectivity index (χ3n) is 2.90. The average Bonchev–Trinajstić information content (AvgIpc) is 2.60. The Hall–Kier alpha value is -1.55. The molecule has 0 aliphatic carbocycles. The molecule has 2 aromatic heterocycles. The topological polar surface area (TPSA) is 41.0 Å². The molecule has 0 spiro atoms. The first-order valence-corrected chi connectivity index (χ1v) is 5.91. The lowest BCUT2D eigenvalue weighted by molar-refractivity contribution is 0.388. The fraction of sp³-hybridized carbons (Fsp3) is 0.462. The van der Waals surface area contributed by atoms with E-state index in [4.69, 9.17) is 0 Å². The van der Waals surface area contributed by atoms with E-state index in [2.05, 4.69) is 24.0 Å². The summed E-state index contributed by atoms with van der Waals surface area (Å²) in [5.74, 6) is 0. The Bertz CT molecular complexity index is 566. The van der Waals surface area contributed by atoms with Crippen molar-refractivity contribution >= 4 is 10.9 Å². The Kier molecular flexibility index (Phi) is 3.33. The highest BCUT2D eigenvalue weighted by Crippen LogP contribution is 2.12. The zero-order chi connectivity index (χ0) is 12.4. The van der Waals surface area contributed by atoms with E-state index in [-0.39, 0.29) is 5.56 Å². The Morgan fingerprint density at radius 3 is 2.88 bits per heavy atom. The number of nitrogens with one attached hydrogen (secondary N) is 1. The first kappa shape index (κ1) is 11.9. The van der Waals surface area contributed by atoms with Crippen LogP contribution in [0.25, 0.3) is 10.9 Å². The standard InChI is InChI=1S/C13H19N3O/c1-10-9-11-5-8-16(7-4-6-15(2)3)12(11)13(17)14-10/h5,8-9H,4,6-7H2,1-3H3,(H,14,17). The van der Waals surface area contributed by atoms with Gasteiger partial charge in [-0.05, 0) is 46.1 Å². The Balaban J connectivity index is 2.27. The summed E-state index contributed by atoms with van der Waals surface area (Å²) in [6.07, 6.45) is 3.04. The largest absolute Gasteiger partial charge is 0.343 e. The molecule has 0 radical (unpaired) electrons. The van der Waals surface area contributed by atoms with Gasteiger partial charge >= 0.3 is 0 Å². The van der Waals surface area contributed by atoms with Gasteiger partial charge in [0.25, 0.3) is 5.56 Å². The van der Waals surface area contributed by atoms with Gasteiger partial charge in [-0.2, -0.15) is 0 Å². The predicted molar refractivity (Wildman–Crippen MR) is 70.5 cm³/mol. The summed E-state index contributed by atoms with van der Waals surface area (Å²) in [5, 5.41) is 1.02. The van der Waals surface area contributed by atoms with E-state index >= 15 is 0 Å². The van der Waals surface area contributed by atoms with E-state index in [1.165, 1.54) is 0 Å². The zero-order valence-corrected chi connectivity index (χ0v) is 10.7. The third kappa shape index (κ3) is 2.58. The highest BCUT2D eigenvalue weighted by molar-refractivity contribution is 5.79. The number of H-pyrrole nitrogens is 1. The van der Waals surface area contributed by atoms with E-state index in [0.717, 1.165) is 36.1 Å². The Morgan fingerprint density at radius 1 is 1.41 bits per heavy atom. The minimum atomic E-state index is 0.00912. The predicted octanol–water partition coefficient (Wildman–Crippen LogP) is 1.59. The van der Waals surface area contributed by atoms with Crippen molar-refractivity contribution in [1.29, 1.82) is 0 Å². The van der Waals surface area contributed by atoms with E-state index in [9.17, 15) is 4.79 Å². The fourth-order valence-electron chi connectivity index (χ4n) is 2.12. The van der Waals surface area contributed by atoms with Gasteiger partial charge in [0, 0.05) is 23.8 Å². The number of hydrogen-bond donors (Lipinski definition) is 1. The van der Waals surface area contributed by atoms with Crippen LogP contribution in [-0.2, 0) is 6.54 Å². The van der Waals surface area contributed by atoms with Crippen molar-refractivity contribution in [3.63, 3.8) is 0 Å². The minimum Gasteiger partial charge on any atom is -0.343 e. The van der Waals surface area contributed by atoms with Crippen LogP contribution in [-0.4, -0.2) is 35.1 Å². The van der Waals surface area contributed by atoms with Crippen molar-refractivity contribution in [3.05, 3.63) is 34.4 Å². The van der Waals surface area contributed by atoms with Crippen molar-refractivity contribution in [2.45, 2.75) is 19.9 Å². The number of fused-ring (bicyclic) bond motifs is 1. The molecule has 2 heterocycles. The lowest BCUT2D eigenvalue weighted by atomic mass is 10.3. The van der Waals surface area contributed by atoms with E-state index in [1.807, 2.05) is 29.8 Å². The van der Waals surface area contributed by atoms with Gasteiger partial charge in [0.2, 0.25) is 0 Å². The normalized spacial score (nSPS) is 11.5. The molecule has 17 heavy (non-hydrogen) atoms. The summed E-state index contributed by atoms with van der Waals surface area (Å²) < 4.78 is 2.04. The van der Waals surface area contributed by atoms with Crippen LogP contribution < -0.4 is 5.56 Å². The van der Waals surface area contributed by atoms with E-state index in [0.29, 0.717) is 0 Å². The van der Waals surface area contributed by atoms with Gasteiger partial charge in [0.05, 0.1) is 0 Å². The monoisotopic (exact) mass is 233 g/mol. The van der Waals surface area contributed by atoms with Crippen LogP contribution in [0.2, 0.25) is 0 Å². The molecule has 0 aromatic carbocycles. The molecule has 0 aliphatic heterocycles.